The molecule has 1 heterocycles. The molecule has 0 fully saturated rings. The van der Waals surface area contributed by atoms with Gasteiger partial charge < -0.3 is 0 Å². The highest BCUT2D eigenvalue weighted by molar-refractivity contribution is 9.10. The van der Waals surface area contributed by atoms with E-state index in [1.807, 2.05) is 17.5 Å². The van der Waals surface area contributed by atoms with Crippen LogP contribution in [0.2, 0.25) is 0 Å². The number of halogens is 1. The van der Waals surface area contributed by atoms with Crippen LogP contribution in [-0.2, 0) is 16.6 Å². The molecule has 0 aliphatic heterocycles. The lowest BCUT2D eigenvalue weighted by molar-refractivity contribution is 0.581. The Morgan fingerprint density at radius 1 is 1.28 bits per heavy atom. The van der Waals surface area contributed by atoms with Crippen molar-refractivity contribution in [2.45, 2.75) is 18.4 Å². The van der Waals surface area contributed by atoms with Gasteiger partial charge in [0.1, 0.15) is 0 Å². The van der Waals surface area contributed by atoms with Crippen molar-refractivity contribution in [1.82, 2.24) is 4.72 Å². The lowest BCUT2D eigenvalue weighted by Crippen LogP contribution is -2.23. The van der Waals surface area contributed by atoms with E-state index in [0.717, 1.165) is 14.9 Å². The summed E-state index contributed by atoms with van der Waals surface area (Å²) < 4.78 is 27.8. The number of benzene rings is 1. The Hall–Kier alpha value is -0.690. The first kappa shape index (κ1) is 13.7. The van der Waals surface area contributed by atoms with E-state index >= 15 is 0 Å². The molecule has 1 N–H and O–H groups in total. The van der Waals surface area contributed by atoms with Gasteiger partial charge in [0, 0.05) is 15.9 Å². The lowest BCUT2D eigenvalue weighted by atomic mass is 10.2. The lowest BCUT2D eigenvalue weighted by Gasteiger charge is -2.08. The van der Waals surface area contributed by atoms with E-state index in [1.165, 1.54) is 11.3 Å². The van der Waals surface area contributed by atoms with Crippen molar-refractivity contribution in [3.63, 3.8) is 0 Å². The second-order valence-corrected chi connectivity index (χ2v) is 7.37. The topological polar surface area (TPSA) is 46.2 Å². The molecule has 0 radical (unpaired) electrons. The smallest absolute Gasteiger partial charge is 0.207 e. The maximum absolute atomic E-state index is 12.1. The van der Waals surface area contributed by atoms with Gasteiger partial charge >= 0.3 is 0 Å². The first-order chi connectivity index (χ1) is 8.50. The molecule has 2 aromatic rings. The predicted molar refractivity (Wildman–Crippen MR) is 77.2 cm³/mol. The molecule has 1 aromatic carbocycles. The third-order valence-corrected chi connectivity index (χ3v) is 5.98. The summed E-state index contributed by atoms with van der Waals surface area (Å²) in [6.07, 6.45) is 0. The van der Waals surface area contributed by atoms with Crippen molar-refractivity contribution in [2.75, 3.05) is 0 Å². The van der Waals surface area contributed by atoms with Gasteiger partial charge in [0.15, 0.2) is 0 Å². The van der Waals surface area contributed by atoms with Crippen molar-refractivity contribution in [3.8, 4) is 0 Å². The highest BCUT2D eigenvalue weighted by Gasteiger charge is 2.16. The van der Waals surface area contributed by atoms with Gasteiger partial charge in [-0.25, -0.2) is 13.1 Å². The van der Waals surface area contributed by atoms with Gasteiger partial charge in [-0.15, -0.1) is 11.3 Å². The first-order valence-electron chi connectivity index (χ1n) is 5.28. The zero-order chi connectivity index (χ0) is 13.2. The summed E-state index contributed by atoms with van der Waals surface area (Å²) >= 11 is 4.90. The van der Waals surface area contributed by atoms with Crippen molar-refractivity contribution < 1.29 is 8.42 Å². The molecule has 0 amide bonds. The molecule has 0 atom stereocenters. The Morgan fingerprint density at radius 3 is 2.61 bits per heavy atom. The Bertz CT molecular complexity index is 650. The fourth-order valence-electron chi connectivity index (χ4n) is 1.55. The van der Waals surface area contributed by atoms with E-state index in [4.69, 9.17) is 0 Å². The van der Waals surface area contributed by atoms with E-state index in [-0.39, 0.29) is 0 Å². The summed E-state index contributed by atoms with van der Waals surface area (Å²) in [5, 5.41) is 1.92. The maximum Gasteiger partial charge on any atom is 0.241 e. The molecule has 18 heavy (non-hydrogen) atoms. The van der Waals surface area contributed by atoms with Gasteiger partial charge in [-0.05, 0) is 45.9 Å². The predicted octanol–water partition coefficient (Wildman–Crippen LogP) is 3.30. The van der Waals surface area contributed by atoms with Crippen LogP contribution in [0.5, 0.6) is 0 Å². The minimum absolute atomic E-state index is 0.301. The molecule has 0 saturated heterocycles. The molecular formula is C12H12BrNO2S2. The molecule has 0 aliphatic carbocycles. The number of sulfonamides is 1. The summed E-state index contributed by atoms with van der Waals surface area (Å²) in [5.74, 6) is 0. The van der Waals surface area contributed by atoms with E-state index in [2.05, 4.69) is 20.7 Å². The van der Waals surface area contributed by atoms with E-state index in [9.17, 15) is 8.42 Å². The molecule has 96 valence electrons. The Morgan fingerprint density at radius 2 is 2.00 bits per heavy atom. The third-order valence-electron chi connectivity index (χ3n) is 2.50. The monoisotopic (exact) mass is 345 g/mol. The van der Waals surface area contributed by atoms with Gasteiger partial charge in [-0.3, -0.25) is 0 Å². The standard InChI is InChI=1S/C12H12BrNO2S2/c1-9-4-2-3-5-12(9)18(15,16)14-8-11-10(13)6-7-17-11/h2-7,14H,8H2,1H3. The largest absolute Gasteiger partial charge is 0.241 e. The minimum atomic E-state index is -3.45. The molecule has 6 heteroatoms. The van der Waals surface area contributed by atoms with Crippen LogP contribution in [0, 0.1) is 6.92 Å². The minimum Gasteiger partial charge on any atom is -0.207 e. The Kier molecular flexibility index (Phi) is 4.21. The van der Waals surface area contributed by atoms with Crippen LogP contribution in [-0.4, -0.2) is 8.42 Å². The molecule has 0 spiro atoms. The molecule has 0 aliphatic rings. The first-order valence-corrected chi connectivity index (χ1v) is 8.43. The molecule has 0 unspecified atom stereocenters. The van der Waals surface area contributed by atoms with Crippen LogP contribution in [0.25, 0.3) is 0 Å². The van der Waals surface area contributed by atoms with Crippen LogP contribution < -0.4 is 4.72 Å². The van der Waals surface area contributed by atoms with Crippen molar-refractivity contribution >= 4 is 37.3 Å². The second-order valence-electron chi connectivity index (χ2n) is 3.78. The number of aryl methyl sites for hydroxylation is 1. The third kappa shape index (κ3) is 3.00. The second kappa shape index (κ2) is 5.52. The molecular weight excluding hydrogens is 334 g/mol. The maximum atomic E-state index is 12.1. The van der Waals surface area contributed by atoms with Gasteiger partial charge in [0.2, 0.25) is 10.0 Å². The van der Waals surface area contributed by atoms with Crippen molar-refractivity contribution in [2.24, 2.45) is 0 Å². The van der Waals surface area contributed by atoms with E-state index < -0.39 is 10.0 Å². The SMILES string of the molecule is Cc1ccccc1S(=O)(=O)NCc1sccc1Br. The van der Waals surface area contributed by atoms with Crippen LogP contribution in [0.15, 0.2) is 45.1 Å². The quantitative estimate of drug-likeness (QED) is 0.923. The number of thiophene rings is 1. The summed E-state index contributed by atoms with van der Waals surface area (Å²) in [6.45, 7) is 2.09. The van der Waals surface area contributed by atoms with Gasteiger partial charge in [0.25, 0.3) is 0 Å². The van der Waals surface area contributed by atoms with Crippen LogP contribution in [0.1, 0.15) is 10.4 Å². The Labute approximate surface area is 119 Å². The van der Waals surface area contributed by atoms with Crippen LogP contribution >= 0.6 is 27.3 Å². The average Bonchev–Trinajstić information content (AvgIpc) is 2.73. The van der Waals surface area contributed by atoms with Gasteiger partial charge in [-0.1, -0.05) is 18.2 Å². The highest BCUT2D eigenvalue weighted by Crippen LogP contribution is 2.23. The summed E-state index contributed by atoms with van der Waals surface area (Å²) in [6, 6.07) is 8.85. The molecule has 3 nitrogen and oxygen atoms in total. The fraction of sp³-hybridized carbons (Fsp3) is 0.167. The molecule has 0 bridgehead atoms. The number of hydrogen-bond donors (Lipinski definition) is 1. The zero-order valence-electron chi connectivity index (χ0n) is 9.68. The Balaban J connectivity index is 2.19. The zero-order valence-corrected chi connectivity index (χ0v) is 12.9. The van der Waals surface area contributed by atoms with Crippen molar-refractivity contribution in [3.05, 3.63) is 50.6 Å². The number of rotatable bonds is 4. The van der Waals surface area contributed by atoms with E-state index in [1.54, 1.807) is 25.1 Å². The number of hydrogen-bond acceptors (Lipinski definition) is 3. The normalized spacial score (nSPS) is 11.7. The van der Waals surface area contributed by atoms with Crippen LogP contribution in [0.4, 0.5) is 0 Å². The molecule has 1 aromatic heterocycles. The number of nitrogens with one attached hydrogen (secondary N) is 1. The molecule has 2 rings (SSSR count). The summed E-state index contributed by atoms with van der Waals surface area (Å²) in [4.78, 5) is 1.30. The summed E-state index contributed by atoms with van der Waals surface area (Å²) in [5.41, 5.74) is 0.746. The van der Waals surface area contributed by atoms with Crippen LogP contribution in [0.3, 0.4) is 0 Å². The average molecular weight is 346 g/mol. The van der Waals surface area contributed by atoms with Gasteiger partial charge in [0.05, 0.1) is 4.90 Å². The summed E-state index contributed by atoms with van der Waals surface area (Å²) in [7, 11) is -3.45. The van der Waals surface area contributed by atoms with Gasteiger partial charge in [-0.2, -0.15) is 0 Å². The van der Waals surface area contributed by atoms with Crippen molar-refractivity contribution in [1.29, 1.82) is 0 Å². The molecule has 0 saturated carbocycles. The van der Waals surface area contributed by atoms with E-state index in [0.29, 0.717) is 11.4 Å². The fourth-order valence-corrected chi connectivity index (χ4v) is 4.31. The highest BCUT2D eigenvalue weighted by atomic mass is 79.9.